The van der Waals surface area contributed by atoms with Gasteiger partial charge in [0.05, 0.1) is 29.3 Å². The molecule has 0 fully saturated rings. The number of carbonyl (C=O) groups is 8. The lowest BCUT2D eigenvalue weighted by Crippen LogP contribution is -2.61. The first-order valence-electron chi connectivity index (χ1n) is 25.9. The Bertz CT molecular complexity index is 3020. The van der Waals surface area contributed by atoms with E-state index in [-0.39, 0.29) is 50.2 Å². The molecule has 8 atom stereocenters. The molecule has 14 N–H and O–H groups in total. The van der Waals surface area contributed by atoms with E-state index >= 15 is 0 Å². The number of H-pyrrole nitrogens is 1. The number of hydrogen-bond donors (Lipinski definition) is 13. The van der Waals surface area contributed by atoms with Crippen molar-refractivity contribution < 1.29 is 38.4 Å². The highest BCUT2D eigenvalue weighted by molar-refractivity contribution is 7.80. The van der Waals surface area contributed by atoms with E-state index in [1.54, 1.807) is 80.7 Å². The molecule has 0 unspecified atom stereocenters. The van der Waals surface area contributed by atoms with Gasteiger partial charge in [0.15, 0.2) is 0 Å². The number of hydrogen-bond acceptors (Lipinski definition) is 15. The van der Waals surface area contributed by atoms with Gasteiger partial charge >= 0.3 is 0 Å². The number of pyridine rings is 1. The number of nitrogens with one attached hydrogen (secondary N) is 8. The molecule has 0 saturated heterocycles. The van der Waals surface area contributed by atoms with Crippen molar-refractivity contribution in [1.29, 1.82) is 10.5 Å². The second-order valence-electron chi connectivity index (χ2n) is 19.4. The minimum atomic E-state index is -1.39. The van der Waals surface area contributed by atoms with Crippen LogP contribution in [0.1, 0.15) is 66.5 Å². The van der Waals surface area contributed by atoms with Gasteiger partial charge in [-0.25, -0.2) is 0 Å². The fourth-order valence-electron chi connectivity index (χ4n) is 8.50. The normalized spacial score (nSPS) is 14.0. The summed E-state index contributed by atoms with van der Waals surface area (Å²) in [6, 6.07) is 17.4. The number of para-hydroxylation sites is 1. The number of nitrogens with two attached hydrogens (primary N) is 3. The van der Waals surface area contributed by atoms with E-state index < -0.39 is 102 Å². The van der Waals surface area contributed by atoms with Crippen LogP contribution in [0.15, 0.2) is 104 Å². The number of nitrogens with zero attached hydrogens (tertiary/aromatic N) is 3. The van der Waals surface area contributed by atoms with Crippen LogP contribution in [0.4, 0.5) is 0 Å². The number of nitriles is 2. The predicted octanol–water partition coefficient (Wildman–Crippen LogP) is 0.428. The Morgan fingerprint density at radius 2 is 1.07 bits per heavy atom. The highest BCUT2D eigenvalue weighted by atomic mass is 32.1. The SMILES string of the molecule is CC(C)[C@H](NC(=O)[C@H](CCCCN)NC(=O)[C@@H](Cc1c[nH]c2ccccc12)NC(=O)[C@H](Cc1cccnc1)NC(=O)[C@@H](CS)NC(=O)[C@@H](N)Cc1ccc(C#N)cc1)C(=O)N[C@@H](CS)C(=O)N[C@@H](Cc1ccc(C#N)cc1)C(N)=O. The molecule has 0 aliphatic rings. The molecule has 0 aliphatic heterocycles. The maximum atomic E-state index is 14.8. The number of aromatic amines is 1. The maximum Gasteiger partial charge on any atom is 0.244 e. The second kappa shape index (κ2) is 31.3. The fourth-order valence-corrected chi connectivity index (χ4v) is 9.01. The molecule has 2 aromatic heterocycles. The van der Waals surface area contributed by atoms with E-state index in [0.29, 0.717) is 46.2 Å². The topological polar surface area (TPSA) is 375 Å². The van der Waals surface area contributed by atoms with Crippen molar-refractivity contribution in [2.75, 3.05) is 18.1 Å². The third-order valence-corrected chi connectivity index (χ3v) is 13.8. The molecule has 422 valence electrons. The number of unbranched alkanes of at least 4 members (excludes halogenated alkanes) is 1. The monoisotopic (exact) mass is 1130 g/mol. The zero-order valence-electron chi connectivity index (χ0n) is 44.3. The van der Waals surface area contributed by atoms with E-state index in [4.69, 9.17) is 27.7 Å². The van der Waals surface area contributed by atoms with Gasteiger partial charge in [0.1, 0.15) is 42.3 Å². The molecule has 22 nitrogen and oxygen atoms in total. The Morgan fingerprint density at radius 3 is 1.61 bits per heavy atom. The van der Waals surface area contributed by atoms with E-state index in [2.05, 4.69) is 72.4 Å². The number of thiol groups is 2. The van der Waals surface area contributed by atoms with Gasteiger partial charge in [-0.3, -0.25) is 43.3 Å². The molecule has 24 heteroatoms. The zero-order chi connectivity index (χ0) is 58.3. The molecule has 0 saturated carbocycles. The Hall–Kier alpha value is -8.29. The number of rotatable bonds is 30. The Balaban J connectivity index is 1.36. The highest BCUT2D eigenvalue weighted by Crippen LogP contribution is 2.20. The Kier molecular flexibility index (Phi) is 24.5. The smallest absolute Gasteiger partial charge is 0.244 e. The van der Waals surface area contributed by atoms with Crippen LogP contribution in [-0.4, -0.2) is 124 Å². The molecular formula is C56H68N14O8S2. The lowest BCUT2D eigenvalue weighted by molar-refractivity contribution is -0.136. The number of aromatic nitrogens is 2. The van der Waals surface area contributed by atoms with E-state index in [0.717, 1.165) is 10.9 Å². The van der Waals surface area contributed by atoms with Crippen molar-refractivity contribution in [1.82, 2.24) is 47.2 Å². The van der Waals surface area contributed by atoms with Gasteiger partial charge in [-0.15, -0.1) is 0 Å². The maximum absolute atomic E-state index is 14.8. The van der Waals surface area contributed by atoms with Crippen LogP contribution in [0.25, 0.3) is 10.9 Å². The third-order valence-electron chi connectivity index (χ3n) is 13.0. The van der Waals surface area contributed by atoms with Gasteiger partial charge in [-0.2, -0.15) is 35.8 Å². The van der Waals surface area contributed by atoms with Crippen LogP contribution in [0.3, 0.4) is 0 Å². The standard InChI is InChI=1S/C56H68N14O8S2/c1-32(2)48(56(78)69-47(31-80)54(76)65-43(49(61)71)23-34-14-18-36(27-59)19-15-34)70-51(73)42(11-5-6-20-57)64-53(75)45(25-38-29-63-41-10-4-3-9-39(38)41)67-52(74)44(24-37-8-7-21-62-28-37)66-55(77)46(30-79)68-50(72)40(60)22-33-12-16-35(26-58)17-13-33/h3-4,7-10,12-19,21,28-29,32,40,42-48,63,79-80H,5-6,11,20,22-25,30-31,57,60H2,1-2H3,(H2,61,71)(H,64,75)(H,65,76)(H,66,77)(H,67,74)(H,68,72)(H,69,78)(H,70,73)/t40-,42-,43-,44-,45+,46+,47-,48-/m0/s1. The average molecular weight is 1130 g/mol. The predicted molar refractivity (Wildman–Crippen MR) is 306 cm³/mol. The van der Waals surface area contributed by atoms with Gasteiger partial charge < -0.3 is 59.4 Å². The summed E-state index contributed by atoms with van der Waals surface area (Å²) in [6.45, 7) is 3.59. The summed E-state index contributed by atoms with van der Waals surface area (Å²) in [4.78, 5) is 119. The van der Waals surface area contributed by atoms with E-state index in [1.807, 2.05) is 36.4 Å². The summed E-state index contributed by atoms with van der Waals surface area (Å²) >= 11 is 8.60. The van der Waals surface area contributed by atoms with E-state index in [1.165, 1.54) is 12.4 Å². The van der Waals surface area contributed by atoms with Crippen LogP contribution >= 0.6 is 25.3 Å². The Labute approximate surface area is 474 Å². The molecule has 0 spiro atoms. The van der Waals surface area contributed by atoms with Crippen LogP contribution < -0.4 is 54.4 Å². The van der Waals surface area contributed by atoms with Crippen molar-refractivity contribution in [3.63, 3.8) is 0 Å². The van der Waals surface area contributed by atoms with Gasteiger partial charge in [-0.1, -0.05) is 62.4 Å². The first kappa shape index (κ1) is 62.6. The van der Waals surface area contributed by atoms with Crippen molar-refractivity contribution in [2.45, 2.75) is 107 Å². The Morgan fingerprint density at radius 1 is 0.575 bits per heavy atom. The largest absolute Gasteiger partial charge is 0.368 e. The molecule has 2 heterocycles. The minimum absolute atomic E-state index is 0.00507. The summed E-state index contributed by atoms with van der Waals surface area (Å²) in [5.41, 5.74) is 21.7. The lowest BCUT2D eigenvalue weighted by Gasteiger charge is -2.29. The van der Waals surface area contributed by atoms with Gasteiger partial charge in [0, 0.05) is 60.3 Å². The summed E-state index contributed by atoms with van der Waals surface area (Å²) in [5, 5.41) is 37.9. The average Bonchev–Trinajstić information content (AvgIpc) is 3.90. The molecule has 5 aromatic rings. The molecule has 8 amide bonds. The second-order valence-corrected chi connectivity index (χ2v) is 20.1. The van der Waals surface area contributed by atoms with Crippen molar-refractivity contribution in [3.8, 4) is 12.1 Å². The number of carbonyl (C=O) groups excluding carboxylic acids is 8. The first-order chi connectivity index (χ1) is 38.4. The fraction of sp³-hybridized carbons (Fsp3) is 0.375. The summed E-state index contributed by atoms with van der Waals surface area (Å²) < 4.78 is 0. The van der Waals surface area contributed by atoms with Crippen LogP contribution in [0.2, 0.25) is 0 Å². The van der Waals surface area contributed by atoms with Crippen molar-refractivity contribution >= 4 is 83.4 Å². The van der Waals surface area contributed by atoms with Gasteiger partial charge in [0.2, 0.25) is 47.3 Å². The van der Waals surface area contributed by atoms with Gasteiger partial charge in [-0.05, 0) is 96.8 Å². The highest BCUT2D eigenvalue weighted by Gasteiger charge is 2.35. The van der Waals surface area contributed by atoms with Crippen molar-refractivity contribution in [2.24, 2.45) is 23.1 Å². The minimum Gasteiger partial charge on any atom is -0.368 e. The number of amides is 8. The van der Waals surface area contributed by atoms with Gasteiger partial charge in [0.25, 0.3) is 0 Å². The zero-order valence-corrected chi connectivity index (χ0v) is 46.1. The van der Waals surface area contributed by atoms with Crippen LogP contribution in [0.5, 0.6) is 0 Å². The van der Waals surface area contributed by atoms with Crippen LogP contribution in [-0.2, 0) is 64.0 Å². The molecule has 80 heavy (non-hydrogen) atoms. The quantitative estimate of drug-likeness (QED) is 0.0219. The van der Waals surface area contributed by atoms with Crippen LogP contribution in [0, 0.1) is 28.6 Å². The number of primary amides is 1. The molecule has 0 bridgehead atoms. The lowest BCUT2D eigenvalue weighted by atomic mass is 10.00. The molecular weight excluding hydrogens is 1060 g/mol. The molecule has 0 aliphatic carbocycles. The summed E-state index contributed by atoms with van der Waals surface area (Å²) in [7, 11) is 0. The third kappa shape index (κ3) is 18.7. The summed E-state index contributed by atoms with van der Waals surface area (Å²) in [5.74, 6) is -7.17. The number of benzene rings is 3. The molecule has 0 radical (unpaired) electrons. The molecule has 5 rings (SSSR count). The summed E-state index contributed by atoms with van der Waals surface area (Å²) in [6.07, 6.45) is 5.48. The van der Waals surface area contributed by atoms with Crippen molar-refractivity contribution in [3.05, 3.63) is 137 Å². The number of fused-ring (bicyclic) bond motifs is 1. The first-order valence-corrected chi connectivity index (χ1v) is 27.2. The molecule has 3 aromatic carbocycles. The van der Waals surface area contributed by atoms with E-state index in [9.17, 15) is 38.4 Å².